The van der Waals surface area contributed by atoms with Gasteiger partial charge >= 0.3 is 0 Å². The van der Waals surface area contributed by atoms with Crippen LogP contribution in [-0.4, -0.2) is 21.9 Å². The van der Waals surface area contributed by atoms with E-state index in [2.05, 4.69) is 15.3 Å². The smallest absolute Gasteiger partial charge is 0.289 e. The molecule has 0 aliphatic heterocycles. The molecule has 3 rings (SSSR count). The molecule has 108 valence electrons. The fourth-order valence-electron chi connectivity index (χ4n) is 2.50. The van der Waals surface area contributed by atoms with E-state index in [4.69, 9.17) is 0 Å². The van der Waals surface area contributed by atoms with Crippen LogP contribution in [0, 0.1) is 11.6 Å². The van der Waals surface area contributed by atoms with E-state index >= 15 is 0 Å². The summed E-state index contributed by atoms with van der Waals surface area (Å²) in [5, 5.41) is 2.80. The average molecular weight is 289 g/mol. The fraction of sp³-hybridized carbons (Fsp3) is 0.267. The highest BCUT2D eigenvalue weighted by Gasteiger charge is 2.35. The molecule has 1 N–H and O–H groups in total. The molecule has 1 aliphatic rings. The molecule has 21 heavy (non-hydrogen) atoms. The van der Waals surface area contributed by atoms with Crippen LogP contribution < -0.4 is 5.32 Å². The van der Waals surface area contributed by atoms with E-state index < -0.39 is 11.6 Å². The molecule has 1 heterocycles. The minimum atomic E-state index is -0.603. The lowest BCUT2D eigenvalue weighted by atomic mass is 9.75. The number of carbonyl (C=O) groups is 1. The first kappa shape index (κ1) is 13.6. The second kappa shape index (κ2) is 5.55. The van der Waals surface area contributed by atoms with Gasteiger partial charge in [0, 0.05) is 30.4 Å². The van der Waals surface area contributed by atoms with Crippen LogP contribution in [0.25, 0.3) is 0 Å². The molecule has 6 heteroatoms. The Labute approximate surface area is 120 Å². The molecular weight excluding hydrogens is 276 g/mol. The van der Waals surface area contributed by atoms with Gasteiger partial charge < -0.3 is 5.32 Å². The van der Waals surface area contributed by atoms with Crippen LogP contribution >= 0.6 is 0 Å². The molecule has 2 aromatic rings. The van der Waals surface area contributed by atoms with E-state index in [1.165, 1.54) is 24.5 Å². The Morgan fingerprint density at radius 2 is 1.95 bits per heavy atom. The summed E-state index contributed by atoms with van der Waals surface area (Å²) < 4.78 is 26.7. The minimum absolute atomic E-state index is 0.0859. The number of amides is 1. The molecule has 2 atom stereocenters. The van der Waals surface area contributed by atoms with E-state index in [0.29, 0.717) is 5.56 Å². The molecule has 1 aromatic heterocycles. The van der Waals surface area contributed by atoms with Crippen LogP contribution in [0.5, 0.6) is 0 Å². The highest BCUT2D eigenvalue weighted by Crippen LogP contribution is 2.38. The zero-order valence-corrected chi connectivity index (χ0v) is 11.1. The lowest BCUT2D eigenvalue weighted by Crippen LogP contribution is -2.46. The first-order valence-electron chi connectivity index (χ1n) is 6.68. The number of carbonyl (C=O) groups excluding carboxylic acids is 1. The maximum atomic E-state index is 13.8. The quantitative estimate of drug-likeness (QED) is 0.944. The zero-order valence-electron chi connectivity index (χ0n) is 11.1. The summed E-state index contributed by atoms with van der Waals surface area (Å²) in [6, 6.07) is 4.98. The summed E-state index contributed by atoms with van der Waals surface area (Å²) in [7, 11) is 0. The van der Waals surface area contributed by atoms with Crippen molar-refractivity contribution in [2.45, 2.75) is 24.8 Å². The molecule has 1 fully saturated rings. The summed E-state index contributed by atoms with van der Waals surface area (Å²) in [5.41, 5.74) is 0.432. The summed E-state index contributed by atoms with van der Waals surface area (Å²) in [6.07, 6.45) is 4.48. The molecule has 1 saturated carbocycles. The lowest BCUT2D eigenvalue weighted by Gasteiger charge is -2.37. The number of rotatable bonds is 3. The van der Waals surface area contributed by atoms with Crippen molar-refractivity contribution in [2.75, 3.05) is 0 Å². The third-order valence-corrected chi connectivity index (χ3v) is 3.72. The Hall–Kier alpha value is -2.37. The number of halogens is 2. The normalized spacial score (nSPS) is 20.7. The summed E-state index contributed by atoms with van der Waals surface area (Å²) in [5.74, 6) is -1.61. The van der Waals surface area contributed by atoms with Gasteiger partial charge in [0.05, 0.1) is 0 Å². The van der Waals surface area contributed by atoms with Gasteiger partial charge in [0.2, 0.25) is 5.82 Å². The summed E-state index contributed by atoms with van der Waals surface area (Å²) in [4.78, 5) is 19.7. The predicted octanol–water partition coefficient (Wildman–Crippen LogP) is 2.43. The second-order valence-electron chi connectivity index (χ2n) is 5.00. The van der Waals surface area contributed by atoms with Crippen LogP contribution in [0.2, 0.25) is 0 Å². The highest BCUT2D eigenvalue weighted by molar-refractivity contribution is 5.90. The van der Waals surface area contributed by atoms with Crippen molar-refractivity contribution in [3.8, 4) is 0 Å². The van der Waals surface area contributed by atoms with Gasteiger partial charge in [0.25, 0.3) is 5.91 Å². The number of hydrogen-bond donors (Lipinski definition) is 1. The molecule has 1 aliphatic carbocycles. The molecule has 0 saturated heterocycles. The van der Waals surface area contributed by atoms with E-state index in [1.54, 1.807) is 6.07 Å². The van der Waals surface area contributed by atoms with Crippen molar-refractivity contribution in [3.63, 3.8) is 0 Å². The zero-order chi connectivity index (χ0) is 14.8. The lowest BCUT2D eigenvalue weighted by molar-refractivity contribution is 0.0893. The Morgan fingerprint density at radius 3 is 2.57 bits per heavy atom. The first-order chi connectivity index (χ1) is 10.1. The molecule has 0 unspecified atom stereocenters. The second-order valence-corrected chi connectivity index (χ2v) is 5.00. The standard InChI is InChI=1S/C15H13F2N3O/c16-9-2-3-10(12(17)8-9)11-4-5-13(11)20-15(21)14-18-6-1-7-19-14/h1-3,6-8,11,13H,4-5H2,(H,20,21)/t11-,13-/m0/s1. The van der Waals surface area contributed by atoms with E-state index in [-0.39, 0.29) is 23.7 Å². The van der Waals surface area contributed by atoms with E-state index in [1.807, 2.05) is 0 Å². The Kier molecular flexibility index (Phi) is 3.60. The fourth-order valence-corrected chi connectivity index (χ4v) is 2.50. The third kappa shape index (κ3) is 2.74. The monoisotopic (exact) mass is 289 g/mol. The number of nitrogens with zero attached hydrogens (tertiary/aromatic N) is 2. The van der Waals surface area contributed by atoms with Gasteiger partial charge in [0.1, 0.15) is 11.6 Å². The van der Waals surface area contributed by atoms with Crippen molar-refractivity contribution in [3.05, 3.63) is 59.7 Å². The molecule has 0 radical (unpaired) electrons. The number of hydrogen-bond acceptors (Lipinski definition) is 3. The van der Waals surface area contributed by atoms with Crippen LogP contribution in [0.15, 0.2) is 36.7 Å². The van der Waals surface area contributed by atoms with Gasteiger partial charge in [-0.3, -0.25) is 4.79 Å². The maximum Gasteiger partial charge on any atom is 0.289 e. The van der Waals surface area contributed by atoms with Gasteiger partial charge in [-0.25, -0.2) is 18.7 Å². The van der Waals surface area contributed by atoms with Crippen molar-refractivity contribution in [1.82, 2.24) is 15.3 Å². The van der Waals surface area contributed by atoms with Gasteiger partial charge in [-0.15, -0.1) is 0 Å². The number of benzene rings is 1. The Morgan fingerprint density at radius 1 is 1.19 bits per heavy atom. The highest BCUT2D eigenvalue weighted by atomic mass is 19.1. The maximum absolute atomic E-state index is 13.8. The van der Waals surface area contributed by atoms with Crippen LogP contribution in [0.4, 0.5) is 8.78 Å². The topological polar surface area (TPSA) is 54.9 Å². The Balaban J connectivity index is 1.71. The van der Waals surface area contributed by atoms with Gasteiger partial charge in [0.15, 0.2) is 0 Å². The van der Waals surface area contributed by atoms with Crippen molar-refractivity contribution in [1.29, 1.82) is 0 Å². The third-order valence-electron chi connectivity index (χ3n) is 3.72. The Bertz CT molecular complexity index is 663. The predicted molar refractivity (Wildman–Crippen MR) is 71.6 cm³/mol. The largest absolute Gasteiger partial charge is 0.346 e. The van der Waals surface area contributed by atoms with Crippen molar-refractivity contribution >= 4 is 5.91 Å². The average Bonchev–Trinajstić information content (AvgIpc) is 2.47. The molecule has 0 bridgehead atoms. The SMILES string of the molecule is O=C(N[C@H]1CC[C@H]1c1ccc(F)cc1F)c1ncccn1. The minimum Gasteiger partial charge on any atom is -0.346 e. The van der Waals surface area contributed by atoms with Crippen LogP contribution in [0.1, 0.15) is 34.9 Å². The van der Waals surface area contributed by atoms with Gasteiger partial charge in [-0.2, -0.15) is 0 Å². The molecule has 4 nitrogen and oxygen atoms in total. The number of nitrogens with one attached hydrogen (secondary N) is 1. The van der Waals surface area contributed by atoms with Crippen molar-refractivity contribution in [2.24, 2.45) is 0 Å². The first-order valence-corrected chi connectivity index (χ1v) is 6.68. The summed E-state index contributed by atoms with van der Waals surface area (Å²) in [6.45, 7) is 0. The van der Waals surface area contributed by atoms with E-state index in [0.717, 1.165) is 18.9 Å². The summed E-state index contributed by atoms with van der Waals surface area (Å²) >= 11 is 0. The van der Waals surface area contributed by atoms with Crippen LogP contribution in [0.3, 0.4) is 0 Å². The van der Waals surface area contributed by atoms with Crippen molar-refractivity contribution < 1.29 is 13.6 Å². The van der Waals surface area contributed by atoms with Gasteiger partial charge in [-0.1, -0.05) is 6.07 Å². The molecule has 1 aromatic carbocycles. The molecule has 0 spiro atoms. The van der Waals surface area contributed by atoms with Crippen LogP contribution in [-0.2, 0) is 0 Å². The van der Waals surface area contributed by atoms with Gasteiger partial charge in [-0.05, 0) is 30.5 Å². The number of aromatic nitrogens is 2. The molecular formula is C15H13F2N3O. The molecule has 1 amide bonds. The van der Waals surface area contributed by atoms with E-state index in [9.17, 15) is 13.6 Å².